The third kappa shape index (κ3) is 5.15. The van der Waals surface area contributed by atoms with Gasteiger partial charge in [0.05, 0.1) is 12.8 Å². The van der Waals surface area contributed by atoms with E-state index in [-0.39, 0.29) is 24.8 Å². The molecule has 3 N–H and O–H groups in total. The second kappa shape index (κ2) is 8.60. The second-order valence-electron chi connectivity index (χ2n) is 4.82. The molecule has 0 fully saturated rings. The highest BCUT2D eigenvalue weighted by atomic mass is 16.3. The van der Waals surface area contributed by atoms with E-state index in [4.69, 9.17) is 5.11 Å². The van der Waals surface area contributed by atoms with Gasteiger partial charge < -0.3 is 15.7 Å². The molecule has 0 bridgehead atoms. The first-order valence-corrected chi connectivity index (χ1v) is 7.20. The molecule has 0 spiro atoms. The van der Waals surface area contributed by atoms with E-state index < -0.39 is 11.9 Å². The molecule has 2 amide bonds. The van der Waals surface area contributed by atoms with Gasteiger partial charge in [0.15, 0.2) is 0 Å². The molecule has 0 saturated carbocycles. The van der Waals surface area contributed by atoms with Crippen molar-refractivity contribution in [2.24, 2.45) is 0 Å². The van der Waals surface area contributed by atoms with Crippen LogP contribution in [0.25, 0.3) is 0 Å². The van der Waals surface area contributed by atoms with Crippen molar-refractivity contribution in [2.45, 2.75) is 12.5 Å². The van der Waals surface area contributed by atoms with E-state index in [2.05, 4.69) is 20.6 Å². The topological polar surface area (TPSA) is 104 Å². The summed E-state index contributed by atoms with van der Waals surface area (Å²) in [4.78, 5) is 32.1. The number of nitrogens with zero attached hydrogens (tertiary/aromatic N) is 2. The summed E-state index contributed by atoms with van der Waals surface area (Å²) in [5.74, 6) is -0.835. The maximum Gasteiger partial charge on any atom is 0.272 e. The lowest BCUT2D eigenvalue weighted by Gasteiger charge is -2.18. The summed E-state index contributed by atoms with van der Waals surface area (Å²) in [5, 5.41) is 14.1. The van der Waals surface area contributed by atoms with Crippen molar-refractivity contribution in [2.75, 3.05) is 13.2 Å². The number of benzene rings is 1. The minimum Gasteiger partial charge on any atom is -0.395 e. The van der Waals surface area contributed by atoms with Gasteiger partial charge in [-0.3, -0.25) is 14.6 Å². The van der Waals surface area contributed by atoms with Crippen LogP contribution in [-0.2, 0) is 11.2 Å². The molecule has 1 aromatic heterocycles. The number of aliphatic hydroxyl groups is 1. The Hall–Kier alpha value is -2.80. The van der Waals surface area contributed by atoms with E-state index >= 15 is 0 Å². The molecule has 0 aliphatic heterocycles. The number of aliphatic hydroxyl groups excluding tert-OH is 1. The van der Waals surface area contributed by atoms with Crippen molar-refractivity contribution in [3.8, 4) is 0 Å². The van der Waals surface area contributed by atoms with Gasteiger partial charge in [0.25, 0.3) is 5.91 Å². The Morgan fingerprint density at radius 3 is 2.61 bits per heavy atom. The van der Waals surface area contributed by atoms with E-state index in [1.54, 1.807) is 0 Å². The van der Waals surface area contributed by atoms with Crippen LogP contribution in [0.15, 0.2) is 48.9 Å². The summed E-state index contributed by atoms with van der Waals surface area (Å²) in [6, 6.07) is 8.59. The van der Waals surface area contributed by atoms with Gasteiger partial charge in [-0.15, -0.1) is 0 Å². The first-order chi connectivity index (χ1) is 11.2. The summed E-state index contributed by atoms with van der Waals surface area (Å²) in [6.07, 6.45) is 4.55. The Kier molecular flexibility index (Phi) is 6.19. The molecule has 7 nitrogen and oxygen atoms in total. The summed E-state index contributed by atoms with van der Waals surface area (Å²) in [5.41, 5.74) is 1.05. The van der Waals surface area contributed by atoms with E-state index in [9.17, 15) is 9.59 Å². The van der Waals surface area contributed by atoms with Gasteiger partial charge in [0, 0.05) is 25.4 Å². The number of hydrogen-bond acceptors (Lipinski definition) is 5. The van der Waals surface area contributed by atoms with Crippen LogP contribution in [0, 0.1) is 0 Å². The fourth-order valence-electron chi connectivity index (χ4n) is 2.01. The van der Waals surface area contributed by atoms with Gasteiger partial charge >= 0.3 is 0 Å². The van der Waals surface area contributed by atoms with Crippen molar-refractivity contribution in [1.82, 2.24) is 20.6 Å². The standard InChI is InChI=1S/C16H18N4O3/c21-9-8-19-15(22)13(10-12-4-2-1-3-5-12)20-16(23)14-11-17-6-7-18-14/h1-7,11,13,21H,8-10H2,(H,19,22)(H,20,23). The van der Waals surface area contributed by atoms with Crippen molar-refractivity contribution in [3.63, 3.8) is 0 Å². The van der Waals surface area contributed by atoms with Crippen LogP contribution >= 0.6 is 0 Å². The summed E-state index contributed by atoms with van der Waals surface area (Å²) in [6.45, 7) is -0.0347. The fraction of sp³-hybridized carbons (Fsp3) is 0.250. The Morgan fingerprint density at radius 1 is 1.17 bits per heavy atom. The monoisotopic (exact) mass is 314 g/mol. The Morgan fingerprint density at radius 2 is 1.96 bits per heavy atom. The third-order valence-electron chi connectivity index (χ3n) is 3.11. The van der Waals surface area contributed by atoms with Gasteiger partial charge in [0.2, 0.25) is 5.91 Å². The SMILES string of the molecule is O=C(NC(Cc1ccccc1)C(=O)NCCO)c1cnccn1. The Balaban J connectivity index is 2.09. The van der Waals surface area contributed by atoms with Crippen molar-refractivity contribution in [3.05, 3.63) is 60.2 Å². The van der Waals surface area contributed by atoms with Crippen molar-refractivity contribution >= 4 is 11.8 Å². The molecule has 1 heterocycles. The van der Waals surface area contributed by atoms with E-state index in [0.29, 0.717) is 6.42 Å². The first kappa shape index (κ1) is 16.6. The number of hydrogen-bond donors (Lipinski definition) is 3. The first-order valence-electron chi connectivity index (χ1n) is 7.20. The van der Waals surface area contributed by atoms with Crippen LogP contribution in [0.2, 0.25) is 0 Å². The summed E-state index contributed by atoms with van der Waals surface area (Å²) < 4.78 is 0. The number of rotatable bonds is 7. The van der Waals surface area contributed by atoms with Gasteiger partial charge in [-0.1, -0.05) is 30.3 Å². The van der Waals surface area contributed by atoms with Crippen LogP contribution in [-0.4, -0.2) is 46.1 Å². The molecule has 2 rings (SSSR count). The lowest BCUT2D eigenvalue weighted by atomic mass is 10.1. The normalized spacial score (nSPS) is 11.5. The molecule has 120 valence electrons. The van der Waals surface area contributed by atoms with Crippen LogP contribution in [0.5, 0.6) is 0 Å². The smallest absolute Gasteiger partial charge is 0.272 e. The zero-order valence-corrected chi connectivity index (χ0v) is 12.5. The maximum atomic E-state index is 12.2. The van der Waals surface area contributed by atoms with Gasteiger partial charge in [-0.25, -0.2) is 4.98 Å². The highest BCUT2D eigenvalue weighted by Gasteiger charge is 2.22. The van der Waals surface area contributed by atoms with Gasteiger partial charge in [-0.05, 0) is 5.56 Å². The predicted octanol–water partition coefficient (Wildman–Crippen LogP) is -0.0738. The molecule has 1 unspecified atom stereocenters. The number of carbonyl (C=O) groups excluding carboxylic acids is 2. The minimum absolute atomic E-state index is 0.130. The van der Waals surface area contributed by atoms with Crippen molar-refractivity contribution in [1.29, 1.82) is 0 Å². The molecule has 0 saturated heterocycles. The molecule has 0 radical (unpaired) electrons. The quantitative estimate of drug-likeness (QED) is 0.663. The highest BCUT2D eigenvalue weighted by molar-refractivity contribution is 5.95. The average Bonchev–Trinajstić information content (AvgIpc) is 2.60. The minimum atomic E-state index is -0.765. The average molecular weight is 314 g/mol. The Bertz CT molecular complexity index is 634. The van der Waals surface area contributed by atoms with E-state index in [1.807, 2.05) is 30.3 Å². The highest BCUT2D eigenvalue weighted by Crippen LogP contribution is 2.04. The second-order valence-corrected chi connectivity index (χ2v) is 4.82. The summed E-state index contributed by atoms with van der Waals surface area (Å²) >= 11 is 0. The van der Waals surface area contributed by atoms with Crippen LogP contribution in [0.4, 0.5) is 0 Å². The van der Waals surface area contributed by atoms with Crippen molar-refractivity contribution < 1.29 is 14.7 Å². The van der Waals surface area contributed by atoms with Gasteiger partial charge in [-0.2, -0.15) is 0 Å². The van der Waals surface area contributed by atoms with E-state index in [1.165, 1.54) is 18.6 Å². The Labute approximate surface area is 133 Å². The number of carbonyl (C=O) groups is 2. The fourth-order valence-corrected chi connectivity index (χ4v) is 2.01. The largest absolute Gasteiger partial charge is 0.395 e. The van der Waals surface area contributed by atoms with Crippen LogP contribution in [0.1, 0.15) is 16.1 Å². The van der Waals surface area contributed by atoms with Gasteiger partial charge in [0.1, 0.15) is 11.7 Å². The molecule has 23 heavy (non-hydrogen) atoms. The van der Waals surface area contributed by atoms with Crippen LogP contribution < -0.4 is 10.6 Å². The number of aromatic nitrogens is 2. The lowest BCUT2D eigenvalue weighted by Crippen LogP contribution is -2.48. The lowest BCUT2D eigenvalue weighted by molar-refractivity contribution is -0.123. The predicted molar refractivity (Wildman–Crippen MR) is 83.5 cm³/mol. The van der Waals surface area contributed by atoms with E-state index in [0.717, 1.165) is 5.56 Å². The molecule has 0 aliphatic carbocycles. The zero-order chi connectivity index (χ0) is 16.5. The third-order valence-corrected chi connectivity index (χ3v) is 3.11. The molecular weight excluding hydrogens is 296 g/mol. The maximum absolute atomic E-state index is 12.2. The van der Waals surface area contributed by atoms with Crippen LogP contribution in [0.3, 0.4) is 0 Å². The number of nitrogens with one attached hydrogen (secondary N) is 2. The molecule has 0 aliphatic rings. The molecule has 1 aromatic carbocycles. The summed E-state index contributed by atoms with van der Waals surface area (Å²) in [7, 11) is 0. The number of amides is 2. The molecular formula is C16H18N4O3. The zero-order valence-electron chi connectivity index (χ0n) is 12.5. The molecule has 7 heteroatoms. The molecule has 2 aromatic rings. The molecule has 1 atom stereocenters.